The summed E-state index contributed by atoms with van der Waals surface area (Å²) in [4.78, 5) is 3.47. The molecule has 0 amide bonds. The Morgan fingerprint density at radius 1 is 0.947 bits per heavy atom. The van der Waals surface area contributed by atoms with E-state index < -0.39 is 0 Å². The van der Waals surface area contributed by atoms with E-state index in [1.54, 1.807) is 0 Å². The minimum atomic E-state index is 0.713. The molecule has 2 heterocycles. The summed E-state index contributed by atoms with van der Waals surface area (Å²) in [5.74, 6) is 0. The Labute approximate surface area is 112 Å². The first-order chi connectivity index (χ1) is 9.42. The highest BCUT2D eigenvalue weighted by atomic mass is 16.5. The lowest BCUT2D eigenvalue weighted by molar-refractivity contribution is 0.109. The van der Waals surface area contributed by atoms with Crippen LogP contribution in [0.1, 0.15) is 11.3 Å². The van der Waals surface area contributed by atoms with Crippen molar-refractivity contribution in [2.24, 2.45) is 0 Å². The Kier molecular flexibility index (Phi) is 2.42. The van der Waals surface area contributed by atoms with Gasteiger partial charge >= 0.3 is 0 Å². The zero-order valence-corrected chi connectivity index (χ0v) is 10.6. The molecule has 0 bridgehead atoms. The maximum atomic E-state index is 5.51. The van der Waals surface area contributed by atoms with Gasteiger partial charge in [-0.05, 0) is 35.2 Å². The highest BCUT2D eigenvalue weighted by molar-refractivity contribution is 5.89. The van der Waals surface area contributed by atoms with Crippen molar-refractivity contribution in [2.45, 2.75) is 13.0 Å². The topological polar surface area (TPSA) is 25.0 Å². The van der Waals surface area contributed by atoms with Crippen LogP contribution in [0.15, 0.2) is 48.5 Å². The minimum Gasteiger partial charge on any atom is -0.375 e. The molecule has 1 aromatic heterocycles. The first kappa shape index (κ1) is 10.8. The fourth-order valence-electron chi connectivity index (χ4n) is 2.87. The molecule has 2 aromatic carbocycles. The molecule has 0 fully saturated rings. The van der Waals surface area contributed by atoms with Crippen LogP contribution >= 0.6 is 0 Å². The van der Waals surface area contributed by atoms with Crippen LogP contribution in [0, 0.1) is 0 Å². The fourth-order valence-corrected chi connectivity index (χ4v) is 2.87. The Morgan fingerprint density at radius 3 is 2.74 bits per heavy atom. The molecule has 0 saturated heterocycles. The van der Waals surface area contributed by atoms with Gasteiger partial charge in [0.05, 0.1) is 13.2 Å². The van der Waals surface area contributed by atoms with Gasteiger partial charge in [0.25, 0.3) is 0 Å². The molecule has 2 nitrogen and oxygen atoms in total. The third kappa shape index (κ3) is 1.76. The number of hydrogen-bond donors (Lipinski definition) is 1. The van der Waals surface area contributed by atoms with Crippen LogP contribution in [-0.2, 0) is 17.8 Å². The molecular formula is C17H15NO. The largest absolute Gasteiger partial charge is 0.375 e. The van der Waals surface area contributed by atoms with Crippen molar-refractivity contribution in [2.75, 3.05) is 6.61 Å². The zero-order chi connectivity index (χ0) is 12.7. The van der Waals surface area contributed by atoms with Gasteiger partial charge in [-0.1, -0.05) is 36.4 Å². The van der Waals surface area contributed by atoms with Crippen molar-refractivity contribution < 1.29 is 4.74 Å². The van der Waals surface area contributed by atoms with E-state index >= 15 is 0 Å². The maximum absolute atomic E-state index is 5.51. The van der Waals surface area contributed by atoms with Crippen molar-refractivity contribution in [3.8, 4) is 11.1 Å². The highest BCUT2D eigenvalue weighted by Crippen LogP contribution is 2.30. The average Bonchev–Trinajstić information content (AvgIpc) is 2.86. The fraction of sp³-hybridized carbons (Fsp3) is 0.176. The SMILES string of the molecule is c1ccc(-c2ccc3[nH]c4c(c3c2)CCOC4)cc1. The van der Waals surface area contributed by atoms with Crippen molar-refractivity contribution >= 4 is 10.9 Å². The van der Waals surface area contributed by atoms with Crippen LogP contribution < -0.4 is 0 Å². The molecule has 0 atom stereocenters. The monoisotopic (exact) mass is 249 g/mol. The number of benzene rings is 2. The first-order valence-electron chi connectivity index (χ1n) is 6.68. The number of rotatable bonds is 1. The van der Waals surface area contributed by atoms with Gasteiger partial charge in [0.1, 0.15) is 0 Å². The third-order valence-corrected chi connectivity index (χ3v) is 3.84. The Morgan fingerprint density at radius 2 is 1.84 bits per heavy atom. The zero-order valence-electron chi connectivity index (χ0n) is 10.6. The summed E-state index contributed by atoms with van der Waals surface area (Å²) >= 11 is 0. The molecule has 1 aliphatic rings. The van der Waals surface area contributed by atoms with Gasteiger partial charge in [0, 0.05) is 16.6 Å². The van der Waals surface area contributed by atoms with E-state index in [1.807, 2.05) is 0 Å². The number of aromatic nitrogens is 1. The lowest BCUT2D eigenvalue weighted by Crippen LogP contribution is -2.08. The number of H-pyrrole nitrogens is 1. The summed E-state index contributed by atoms with van der Waals surface area (Å²) in [6.45, 7) is 1.54. The van der Waals surface area contributed by atoms with Crippen LogP contribution in [0.4, 0.5) is 0 Å². The van der Waals surface area contributed by atoms with E-state index in [4.69, 9.17) is 4.74 Å². The Bertz CT molecular complexity index is 728. The van der Waals surface area contributed by atoms with Gasteiger partial charge < -0.3 is 9.72 Å². The van der Waals surface area contributed by atoms with Crippen LogP contribution in [0.2, 0.25) is 0 Å². The Balaban J connectivity index is 1.91. The minimum absolute atomic E-state index is 0.713. The van der Waals surface area contributed by atoms with Gasteiger partial charge in [0.2, 0.25) is 0 Å². The number of fused-ring (bicyclic) bond motifs is 3. The third-order valence-electron chi connectivity index (χ3n) is 3.84. The molecular weight excluding hydrogens is 234 g/mol. The second-order valence-corrected chi connectivity index (χ2v) is 5.01. The second-order valence-electron chi connectivity index (χ2n) is 5.01. The molecule has 0 aliphatic carbocycles. The molecule has 94 valence electrons. The van der Waals surface area contributed by atoms with Crippen molar-refractivity contribution in [1.82, 2.24) is 4.98 Å². The number of aromatic amines is 1. The van der Waals surface area contributed by atoms with E-state index in [1.165, 1.54) is 33.3 Å². The first-order valence-corrected chi connectivity index (χ1v) is 6.68. The smallest absolute Gasteiger partial charge is 0.0869 e. The number of nitrogens with one attached hydrogen (secondary N) is 1. The highest BCUT2D eigenvalue weighted by Gasteiger charge is 2.15. The second kappa shape index (κ2) is 4.25. The molecule has 3 aromatic rings. The molecule has 0 saturated carbocycles. The predicted molar refractivity (Wildman–Crippen MR) is 77.1 cm³/mol. The van der Waals surface area contributed by atoms with Gasteiger partial charge in [-0.2, -0.15) is 0 Å². The molecule has 0 unspecified atom stereocenters. The molecule has 19 heavy (non-hydrogen) atoms. The summed E-state index contributed by atoms with van der Waals surface area (Å²) in [6.07, 6.45) is 1.01. The van der Waals surface area contributed by atoms with E-state index in [2.05, 4.69) is 53.5 Å². The Hall–Kier alpha value is -2.06. The van der Waals surface area contributed by atoms with E-state index in [0.29, 0.717) is 6.61 Å². The molecule has 1 aliphatic heterocycles. The number of hydrogen-bond acceptors (Lipinski definition) is 1. The molecule has 2 heteroatoms. The van der Waals surface area contributed by atoms with Crippen molar-refractivity contribution in [1.29, 1.82) is 0 Å². The van der Waals surface area contributed by atoms with E-state index in [-0.39, 0.29) is 0 Å². The van der Waals surface area contributed by atoms with Gasteiger partial charge in [-0.25, -0.2) is 0 Å². The van der Waals surface area contributed by atoms with Gasteiger partial charge in [0.15, 0.2) is 0 Å². The van der Waals surface area contributed by atoms with Crippen molar-refractivity contribution in [3.63, 3.8) is 0 Å². The van der Waals surface area contributed by atoms with Crippen LogP contribution in [0.5, 0.6) is 0 Å². The normalized spacial score (nSPS) is 14.5. The van der Waals surface area contributed by atoms with Crippen LogP contribution in [0.25, 0.3) is 22.0 Å². The summed E-state index contributed by atoms with van der Waals surface area (Å²) in [6, 6.07) is 17.2. The summed E-state index contributed by atoms with van der Waals surface area (Å²) in [5.41, 5.74) is 6.44. The van der Waals surface area contributed by atoms with Gasteiger partial charge in [-0.3, -0.25) is 0 Å². The van der Waals surface area contributed by atoms with Gasteiger partial charge in [-0.15, -0.1) is 0 Å². The van der Waals surface area contributed by atoms with E-state index in [0.717, 1.165) is 13.0 Å². The van der Waals surface area contributed by atoms with Crippen LogP contribution in [0.3, 0.4) is 0 Å². The average molecular weight is 249 g/mol. The van der Waals surface area contributed by atoms with Crippen molar-refractivity contribution in [3.05, 3.63) is 59.8 Å². The maximum Gasteiger partial charge on any atom is 0.0869 e. The number of ether oxygens (including phenoxy) is 1. The van der Waals surface area contributed by atoms with Crippen LogP contribution in [-0.4, -0.2) is 11.6 Å². The summed E-state index contributed by atoms with van der Waals surface area (Å²) in [7, 11) is 0. The van der Waals surface area contributed by atoms with E-state index in [9.17, 15) is 0 Å². The quantitative estimate of drug-likeness (QED) is 0.695. The molecule has 0 spiro atoms. The lowest BCUT2D eigenvalue weighted by Gasteiger charge is -2.11. The standard InChI is InChI=1S/C17H15NO/c1-2-4-12(5-3-1)13-6-7-16-15(10-13)14-8-9-19-11-17(14)18-16/h1-7,10,18H,8-9,11H2. The predicted octanol–water partition coefficient (Wildman–Crippen LogP) is 3.91. The summed E-state index contributed by atoms with van der Waals surface area (Å²) in [5, 5.41) is 1.35. The molecule has 0 radical (unpaired) electrons. The summed E-state index contributed by atoms with van der Waals surface area (Å²) < 4.78 is 5.51. The molecule has 4 rings (SSSR count). The molecule has 1 N–H and O–H groups in total. The lowest BCUT2D eigenvalue weighted by atomic mass is 10.0.